The number of phenols is 3. The van der Waals surface area contributed by atoms with Gasteiger partial charge in [0.1, 0.15) is 25.2 Å². The third-order valence-corrected chi connectivity index (χ3v) is 9.08. The number of hydrogen-bond donors (Lipinski definition) is 6. The second kappa shape index (κ2) is 22.7. The number of hydrogen-bond acceptors (Lipinski definition) is 15. The molecule has 6 N–H and O–H groups in total. The number of benzene rings is 3. The molecule has 0 spiro atoms. The van der Waals surface area contributed by atoms with E-state index < -0.39 is 58.5 Å². The zero-order chi connectivity index (χ0) is 43.8. The average molecular weight is 846 g/mol. The van der Waals surface area contributed by atoms with Gasteiger partial charge in [-0.1, -0.05) is 18.2 Å². The Morgan fingerprint density at radius 1 is 0.700 bits per heavy atom. The highest BCUT2D eigenvalue weighted by atomic mass is 19.1. The maximum atomic E-state index is 14.8. The molecule has 3 aromatic carbocycles. The van der Waals surface area contributed by atoms with Crippen LogP contribution in [0.3, 0.4) is 0 Å². The minimum Gasteiger partial charge on any atom is -0.507 e. The van der Waals surface area contributed by atoms with E-state index >= 15 is 0 Å². The zero-order valence-electron chi connectivity index (χ0n) is 33.2. The SMILES string of the molecule is CC(=O)COCCOCCNC(=O)CCN(CCC(=O)NCCOCCOCC(C)=O)C(O)c1ccc2c(c1)C(=O)OC2(c1ccc(O)c(F)c1)c1cc(F)c(O)cc1O. The second-order valence-corrected chi connectivity index (χ2v) is 13.7. The highest BCUT2D eigenvalue weighted by Gasteiger charge is 2.51. The van der Waals surface area contributed by atoms with Gasteiger partial charge in [-0.3, -0.25) is 24.1 Å². The summed E-state index contributed by atoms with van der Waals surface area (Å²) >= 11 is 0. The van der Waals surface area contributed by atoms with Crippen LogP contribution in [0.1, 0.15) is 65.5 Å². The Bertz CT molecular complexity index is 1950. The van der Waals surface area contributed by atoms with Gasteiger partial charge < -0.3 is 54.7 Å². The van der Waals surface area contributed by atoms with Gasteiger partial charge in [-0.25, -0.2) is 13.6 Å². The quantitative estimate of drug-likeness (QED) is 0.0385. The summed E-state index contributed by atoms with van der Waals surface area (Å²) in [5, 5.41) is 47.8. The van der Waals surface area contributed by atoms with Gasteiger partial charge in [-0.2, -0.15) is 0 Å². The number of carbonyl (C=O) groups is 5. The number of rotatable bonds is 26. The van der Waals surface area contributed by atoms with E-state index in [1.807, 2.05) is 0 Å². The first kappa shape index (κ1) is 47.1. The Balaban J connectivity index is 1.51. The number of ketones is 2. The van der Waals surface area contributed by atoms with Gasteiger partial charge in [0.15, 0.2) is 40.3 Å². The monoisotopic (exact) mass is 845 g/mol. The van der Waals surface area contributed by atoms with Crippen molar-refractivity contribution in [1.82, 2.24) is 15.5 Å². The highest BCUT2D eigenvalue weighted by molar-refractivity contribution is 5.97. The summed E-state index contributed by atoms with van der Waals surface area (Å²) in [7, 11) is 0. The fraction of sp³-hybridized carbons (Fsp3) is 0.439. The van der Waals surface area contributed by atoms with Crippen LogP contribution in [0.4, 0.5) is 8.78 Å². The fourth-order valence-corrected chi connectivity index (χ4v) is 6.21. The molecule has 2 unspecified atom stereocenters. The zero-order valence-corrected chi connectivity index (χ0v) is 33.2. The predicted octanol–water partition coefficient (Wildman–Crippen LogP) is 2.09. The molecule has 0 saturated carbocycles. The van der Waals surface area contributed by atoms with Gasteiger partial charge in [-0.05, 0) is 43.7 Å². The largest absolute Gasteiger partial charge is 0.507 e. The Labute approximate surface area is 344 Å². The Kier molecular flexibility index (Phi) is 17.8. The lowest BCUT2D eigenvalue weighted by atomic mass is 9.79. The van der Waals surface area contributed by atoms with Gasteiger partial charge in [0.25, 0.3) is 0 Å². The number of amides is 2. The molecule has 4 rings (SSSR count). The van der Waals surface area contributed by atoms with Crippen molar-refractivity contribution in [2.45, 2.75) is 38.5 Å². The van der Waals surface area contributed by atoms with Crippen molar-refractivity contribution in [3.05, 3.63) is 88.0 Å². The molecule has 0 fully saturated rings. The summed E-state index contributed by atoms with van der Waals surface area (Å²) in [5.74, 6) is -6.69. The van der Waals surface area contributed by atoms with E-state index in [9.17, 15) is 53.2 Å². The van der Waals surface area contributed by atoms with E-state index in [-0.39, 0.29) is 131 Å². The summed E-state index contributed by atoms with van der Waals surface area (Å²) in [6, 6.07) is 8.48. The van der Waals surface area contributed by atoms with Crippen LogP contribution in [0.2, 0.25) is 0 Å². The molecule has 0 radical (unpaired) electrons. The standard InChI is InChI=1S/C41H49F2N3O14/c1-25(47)23-58-17-15-56-13-9-44-37(52)7-11-46(12-8-38(53)45-10-14-57-16-18-59-24-26(2)48)39(54)27-3-5-30-29(19-27)40(55)60-41(30,28-4-6-34(49)32(42)20-28)31-21-33(43)36(51)22-35(31)50/h3-6,19-22,39,49-51,54H,7-18,23-24H2,1-2H3,(H,44,52)(H,45,53). The Morgan fingerprint density at radius 2 is 1.25 bits per heavy atom. The van der Waals surface area contributed by atoms with E-state index in [1.54, 1.807) is 0 Å². The number of fused-ring (bicyclic) bond motifs is 1. The van der Waals surface area contributed by atoms with Gasteiger partial charge in [0.2, 0.25) is 11.8 Å². The molecule has 1 aliphatic rings. The van der Waals surface area contributed by atoms with Crippen LogP contribution in [0, 0.1) is 11.6 Å². The normalized spacial score (nSPS) is 15.1. The minimum atomic E-state index is -2.19. The molecular formula is C41H49F2N3O14. The number of halogens is 2. The van der Waals surface area contributed by atoms with Crippen LogP contribution in [-0.2, 0) is 48.5 Å². The maximum absolute atomic E-state index is 14.8. The van der Waals surface area contributed by atoms with Crippen LogP contribution >= 0.6 is 0 Å². The first-order valence-corrected chi connectivity index (χ1v) is 19.0. The molecule has 0 saturated heterocycles. The van der Waals surface area contributed by atoms with Crippen molar-refractivity contribution in [3.63, 3.8) is 0 Å². The number of esters is 1. The van der Waals surface area contributed by atoms with E-state index in [1.165, 1.54) is 43.0 Å². The molecule has 1 heterocycles. The molecule has 0 bridgehead atoms. The third kappa shape index (κ3) is 13.0. The lowest BCUT2D eigenvalue weighted by Crippen LogP contribution is -2.37. The number of aromatic hydroxyl groups is 3. The summed E-state index contributed by atoms with van der Waals surface area (Å²) in [5.41, 5.74) is -2.74. The summed E-state index contributed by atoms with van der Waals surface area (Å²) in [6.45, 7) is 4.06. The highest BCUT2D eigenvalue weighted by Crippen LogP contribution is 2.51. The molecule has 2 amide bonds. The molecule has 0 aliphatic carbocycles. The Morgan fingerprint density at radius 3 is 1.80 bits per heavy atom. The van der Waals surface area contributed by atoms with Crippen molar-refractivity contribution in [2.75, 3.05) is 79.0 Å². The molecular weight excluding hydrogens is 796 g/mol. The van der Waals surface area contributed by atoms with E-state index in [2.05, 4.69) is 10.6 Å². The van der Waals surface area contributed by atoms with Gasteiger partial charge in [0.05, 0.1) is 45.2 Å². The van der Waals surface area contributed by atoms with Crippen molar-refractivity contribution in [2.24, 2.45) is 0 Å². The van der Waals surface area contributed by atoms with Crippen molar-refractivity contribution in [3.8, 4) is 17.2 Å². The topological polar surface area (TPSA) is 240 Å². The molecule has 0 aromatic heterocycles. The number of Topliss-reactive ketones (excluding diaryl/α,β-unsaturated/α-hetero) is 2. The number of cyclic esters (lactones) is 1. The van der Waals surface area contributed by atoms with Gasteiger partial charge in [-0.15, -0.1) is 0 Å². The Hall–Kier alpha value is -5.57. The molecule has 2 atom stereocenters. The molecule has 1 aliphatic heterocycles. The lowest BCUT2D eigenvalue weighted by molar-refractivity contribution is -0.124. The van der Waals surface area contributed by atoms with E-state index in [4.69, 9.17) is 23.7 Å². The van der Waals surface area contributed by atoms with Crippen LogP contribution in [0.15, 0.2) is 48.5 Å². The summed E-state index contributed by atoms with van der Waals surface area (Å²) < 4.78 is 56.4. The second-order valence-electron chi connectivity index (χ2n) is 13.7. The van der Waals surface area contributed by atoms with E-state index in [0.29, 0.717) is 6.07 Å². The number of phenolic OH excluding ortho intramolecular Hbond substituents is 3. The number of aliphatic hydroxyl groups excluding tert-OH is 1. The van der Waals surface area contributed by atoms with Crippen LogP contribution in [-0.4, -0.2) is 134 Å². The number of aliphatic hydroxyl groups is 1. The van der Waals surface area contributed by atoms with Gasteiger partial charge in [0, 0.05) is 61.8 Å². The predicted molar refractivity (Wildman–Crippen MR) is 206 cm³/mol. The summed E-state index contributed by atoms with van der Waals surface area (Å²) in [6.07, 6.45) is -1.77. The molecule has 60 heavy (non-hydrogen) atoms. The number of nitrogens with one attached hydrogen (secondary N) is 2. The van der Waals surface area contributed by atoms with E-state index in [0.717, 1.165) is 18.2 Å². The third-order valence-electron chi connectivity index (χ3n) is 9.08. The van der Waals surface area contributed by atoms with Crippen molar-refractivity contribution >= 4 is 29.4 Å². The fourth-order valence-electron chi connectivity index (χ4n) is 6.21. The van der Waals surface area contributed by atoms with Crippen molar-refractivity contribution < 1.29 is 76.9 Å². The molecule has 17 nitrogen and oxygen atoms in total. The maximum Gasteiger partial charge on any atom is 0.340 e. The van der Waals surface area contributed by atoms with Crippen LogP contribution in [0.5, 0.6) is 17.2 Å². The lowest BCUT2D eigenvalue weighted by Gasteiger charge is -2.31. The smallest absolute Gasteiger partial charge is 0.340 e. The summed E-state index contributed by atoms with van der Waals surface area (Å²) in [4.78, 5) is 62.5. The number of carbonyl (C=O) groups excluding carboxylic acids is 5. The van der Waals surface area contributed by atoms with Gasteiger partial charge >= 0.3 is 5.97 Å². The number of ether oxygens (including phenoxy) is 5. The van der Waals surface area contributed by atoms with Crippen LogP contribution < -0.4 is 10.6 Å². The first-order valence-electron chi connectivity index (χ1n) is 19.0. The first-order chi connectivity index (χ1) is 28.6. The molecule has 3 aromatic rings. The molecule has 19 heteroatoms. The number of nitrogens with zero attached hydrogens (tertiary/aromatic N) is 1. The molecule has 326 valence electrons. The average Bonchev–Trinajstić information content (AvgIpc) is 3.50. The van der Waals surface area contributed by atoms with Crippen molar-refractivity contribution in [1.29, 1.82) is 0 Å². The van der Waals surface area contributed by atoms with Crippen LogP contribution in [0.25, 0.3) is 0 Å². The minimum absolute atomic E-state index is 0.000461.